The molecule has 128 valence electrons. The lowest BCUT2D eigenvalue weighted by Crippen LogP contribution is -2.45. The number of hydrogen-bond acceptors (Lipinski definition) is 4. The summed E-state index contributed by atoms with van der Waals surface area (Å²) in [6, 6.07) is 16.7. The van der Waals surface area contributed by atoms with E-state index in [1.54, 1.807) is 11.8 Å². The second kappa shape index (κ2) is 8.88. The van der Waals surface area contributed by atoms with Crippen LogP contribution in [0.1, 0.15) is 18.0 Å². The number of aliphatic hydroxyl groups is 1. The second-order valence-corrected chi connectivity index (χ2v) is 7.46. The molecular weight excluding hydrogens is 340 g/mol. The molecule has 2 aromatic rings. The van der Waals surface area contributed by atoms with E-state index in [1.165, 1.54) is 15.4 Å². The van der Waals surface area contributed by atoms with Gasteiger partial charge in [-0.25, -0.2) is 0 Å². The van der Waals surface area contributed by atoms with Gasteiger partial charge >= 0.3 is 0 Å². The molecule has 1 saturated heterocycles. The van der Waals surface area contributed by atoms with E-state index in [1.807, 2.05) is 12.1 Å². The highest BCUT2D eigenvalue weighted by atomic mass is 35.5. The van der Waals surface area contributed by atoms with Gasteiger partial charge < -0.3 is 10.4 Å². The Bertz CT molecular complexity index is 644. The first-order valence-corrected chi connectivity index (χ1v) is 9.55. The average molecular weight is 363 g/mol. The van der Waals surface area contributed by atoms with Crippen LogP contribution >= 0.6 is 23.4 Å². The lowest BCUT2D eigenvalue weighted by Gasteiger charge is -2.35. The van der Waals surface area contributed by atoms with Crippen LogP contribution in [0.25, 0.3) is 0 Å². The topological polar surface area (TPSA) is 35.5 Å². The summed E-state index contributed by atoms with van der Waals surface area (Å²) in [6.45, 7) is 4.26. The molecule has 0 aromatic heterocycles. The Balaban J connectivity index is 1.86. The van der Waals surface area contributed by atoms with Crippen molar-refractivity contribution in [3.05, 3.63) is 59.1 Å². The number of hydrogen-bond donors (Lipinski definition) is 2. The highest BCUT2D eigenvalue weighted by Gasteiger charge is 2.23. The zero-order valence-electron chi connectivity index (χ0n) is 13.6. The fourth-order valence-electron chi connectivity index (χ4n) is 3.13. The first kappa shape index (κ1) is 17.8. The molecule has 2 N–H and O–H groups in total. The van der Waals surface area contributed by atoms with Gasteiger partial charge in [-0.1, -0.05) is 41.6 Å². The average Bonchev–Trinajstić information content (AvgIpc) is 2.63. The summed E-state index contributed by atoms with van der Waals surface area (Å²) in [7, 11) is 0. The summed E-state index contributed by atoms with van der Waals surface area (Å²) in [5, 5.41) is 13.7. The van der Waals surface area contributed by atoms with E-state index in [0.29, 0.717) is 0 Å². The molecule has 1 heterocycles. The van der Waals surface area contributed by atoms with E-state index in [9.17, 15) is 5.11 Å². The molecule has 0 amide bonds. The minimum atomic E-state index is 0.203. The first-order valence-electron chi connectivity index (χ1n) is 8.36. The maximum Gasteiger partial charge on any atom is 0.0449 e. The highest BCUT2D eigenvalue weighted by Crippen LogP contribution is 2.37. The molecular formula is C19H23ClN2OS. The summed E-state index contributed by atoms with van der Waals surface area (Å²) in [6.07, 6.45) is 0.762. The Hall–Kier alpha value is -1.04. The second-order valence-electron chi connectivity index (χ2n) is 5.91. The molecule has 0 unspecified atom stereocenters. The van der Waals surface area contributed by atoms with E-state index >= 15 is 0 Å². The Morgan fingerprint density at radius 1 is 1.08 bits per heavy atom. The summed E-state index contributed by atoms with van der Waals surface area (Å²) < 4.78 is 0. The van der Waals surface area contributed by atoms with Gasteiger partial charge in [0.1, 0.15) is 0 Å². The predicted molar refractivity (Wildman–Crippen MR) is 101 cm³/mol. The Morgan fingerprint density at radius 3 is 2.50 bits per heavy atom. The number of nitrogens with one attached hydrogen (secondary N) is 1. The van der Waals surface area contributed by atoms with Crippen molar-refractivity contribution in [2.24, 2.45) is 0 Å². The summed E-state index contributed by atoms with van der Waals surface area (Å²) >= 11 is 7.75. The molecule has 5 heteroatoms. The van der Waals surface area contributed by atoms with Crippen LogP contribution in [0.3, 0.4) is 0 Å². The zero-order valence-corrected chi connectivity index (χ0v) is 15.2. The number of aliphatic hydroxyl groups excluding tert-OH is 1. The van der Waals surface area contributed by atoms with Gasteiger partial charge in [-0.15, -0.1) is 0 Å². The fourth-order valence-corrected chi connectivity index (χ4v) is 4.25. The molecule has 24 heavy (non-hydrogen) atoms. The maximum atomic E-state index is 9.58. The minimum absolute atomic E-state index is 0.203. The third-order valence-corrected chi connectivity index (χ3v) is 5.67. The van der Waals surface area contributed by atoms with Crippen molar-refractivity contribution < 1.29 is 5.11 Å². The molecule has 0 saturated carbocycles. The number of benzene rings is 2. The number of rotatable bonds is 6. The Kier molecular flexibility index (Phi) is 6.58. The van der Waals surface area contributed by atoms with Gasteiger partial charge in [0.25, 0.3) is 0 Å². The minimum Gasteiger partial charge on any atom is -0.396 e. The van der Waals surface area contributed by atoms with E-state index in [-0.39, 0.29) is 12.6 Å². The summed E-state index contributed by atoms with van der Waals surface area (Å²) in [4.78, 5) is 4.90. The number of nitrogens with zero attached hydrogens (tertiary/aromatic N) is 1. The predicted octanol–water partition coefficient (Wildman–Crippen LogP) is 3.82. The van der Waals surface area contributed by atoms with E-state index in [4.69, 9.17) is 11.6 Å². The van der Waals surface area contributed by atoms with Crippen LogP contribution in [0.5, 0.6) is 0 Å². The molecule has 3 nitrogen and oxygen atoms in total. The van der Waals surface area contributed by atoms with E-state index in [0.717, 1.165) is 37.6 Å². The van der Waals surface area contributed by atoms with Crippen LogP contribution in [-0.4, -0.2) is 42.8 Å². The normalized spacial score (nSPS) is 16.9. The maximum absolute atomic E-state index is 9.58. The van der Waals surface area contributed by atoms with Gasteiger partial charge in [-0.2, -0.15) is 0 Å². The molecule has 0 spiro atoms. The fraction of sp³-hybridized carbons (Fsp3) is 0.368. The molecule has 1 atom stereocenters. The van der Waals surface area contributed by atoms with Crippen molar-refractivity contribution >= 4 is 23.4 Å². The SMILES string of the molecule is OCC[C@H](c1ccccc1Sc1ccc(Cl)cc1)N1CCNCC1. The van der Waals surface area contributed by atoms with Gasteiger partial charge in [0, 0.05) is 53.6 Å². The quantitative estimate of drug-likeness (QED) is 0.818. The standard InChI is InChI=1S/C19H23ClN2OS/c20-15-5-7-16(8-6-15)24-19-4-2-1-3-17(19)18(9-14-23)22-12-10-21-11-13-22/h1-8,18,21,23H,9-14H2/t18-/m1/s1. The molecule has 3 rings (SSSR count). The van der Waals surface area contributed by atoms with Crippen molar-refractivity contribution in [3.63, 3.8) is 0 Å². The Morgan fingerprint density at radius 2 is 1.79 bits per heavy atom. The van der Waals surface area contributed by atoms with Crippen LogP contribution in [0.4, 0.5) is 0 Å². The number of piperazine rings is 1. The van der Waals surface area contributed by atoms with E-state index in [2.05, 4.69) is 46.6 Å². The van der Waals surface area contributed by atoms with Crippen LogP contribution in [0.2, 0.25) is 5.02 Å². The lowest BCUT2D eigenvalue weighted by molar-refractivity contribution is 0.139. The Labute approximate surface area is 153 Å². The van der Waals surface area contributed by atoms with Crippen LogP contribution < -0.4 is 5.32 Å². The van der Waals surface area contributed by atoms with Gasteiger partial charge in [0.05, 0.1) is 0 Å². The molecule has 1 aliphatic rings. The first-order chi connectivity index (χ1) is 11.8. The summed E-state index contributed by atoms with van der Waals surface area (Å²) in [5.41, 5.74) is 1.30. The smallest absolute Gasteiger partial charge is 0.0449 e. The molecule has 0 bridgehead atoms. The van der Waals surface area contributed by atoms with Crippen LogP contribution in [-0.2, 0) is 0 Å². The summed E-state index contributed by atoms with van der Waals surface area (Å²) in [5.74, 6) is 0. The van der Waals surface area contributed by atoms with Gasteiger partial charge in [0.2, 0.25) is 0 Å². The third-order valence-electron chi connectivity index (χ3n) is 4.31. The molecule has 2 aromatic carbocycles. The van der Waals surface area contributed by atoms with Gasteiger partial charge in [0.15, 0.2) is 0 Å². The van der Waals surface area contributed by atoms with Crippen LogP contribution in [0, 0.1) is 0 Å². The van der Waals surface area contributed by atoms with Crippen molar-refractivity contribution in [2.45, 2.75) is 22.3 Å². The molecule has 0 aliphatic carbocycles. The number of halogens is 1. The molecule has 0 radical (unpaired) electrons. The van der Waals surface area contributed by atoms with Crippen LogP contribution in [0.15, 0.2) is 58.3 Å². The highest BCUT2D eigenvalue weighted by molar-refractivity contribution is 7.99. The van der Waals surface area contributed by atoms with E-state index < -0.39 is 0 Å². The zero-order chi connectivity index (χ0) is 16.8. The van der Waals surface area contributed by atoms with Crippen molar-refractivity contribution in [2.75, 3.05) is 32.8 Å². The van der Waals surface area contributed by atoms with Crippen molar-refractivity contribution in [1.29, 1.82) is 0 Å². The lowest BCUT2D eigenvalue weighted by atomic mass is 10.0. The largest absolute Gasteiger partial charge is 0.396 e. The monoisotopic (exact) mass is 362 g/mol. The van der Waals surface area contributed by atoms with Gasteiger partial charge in [-0.05, 0) is 42.3 Å². The van der Waals surface area contributed by atoms with Gasteiger partial charge in [-0.3, -0.25) is 4.90 Å². The third kappa shape index (κ3) is 4.52. The molecule has 1 fully saturated rings. The van der Waals surface area contributed by atoms with Crippen molar-refractivity contribution in [3.8, 4) is 0 Å². The molecule has 1 aliphatic heterocycles. The van der Waals surface area contributed by atoms with Crippen molar-refractivity contribution in [1.82, 2.24) is 10.2 Å².